The topological polar surface area (TPSA) is 35.9 Å². The summed E-state index contributed by atoms with van der Waals surface area (Å²) in [4.78, 5) is 4.70. The van der Waals surface area contributed by atoms with Gasteiger partial charge in [0.15, 0.2) is 0 Å². The van der Waals surface area contributed by atoms with Crippen molar-refractivity contribution in [1.29, 1.82) is 0 Å². The number of alkyl halides is 2. The van der Waals surface area contributed by atoms with Crippen LogP contribution in [0.15, 0.2) is 91.0 Å². The highest BCUT2D eigenvalue weighted by Gasteiger charge is 2.71. The summed E-state index contributed by atoms with van der Waals surface area (Å²) in [7, 11) is 0. The molecule has 0 amide bonds. The van der Waals surface area contributed by atoms with E-state index in [-0.39, 0.29) is 12.6 Å². The van der Waals surface area contributed by atoms with Crippen molar-refractivity contribution < 1.29 is 18.6 Å². The number of nitrogens with zero attached hydrogens (tertiary/aromatic N) is 2. The number of benzene rings is 4. The van der Waals surface area contributed by atoms with Crippen LogP contribution in [-0.4, -0.2) is 66.3 Å². The first-order chi connectivity index (χ1) is 19.0. The van der Waals surface area contributed by atoms with Crippen molar-refractivity contribution in [3.63, 3.8) is 0 Å². The summed E-state index contributed by atoms with van der Waals surface area (Å²) in [6.45, 7) is 3.97. The fourth-order valence-corrected chi connectivity index (χ4v) is 6.81. The molecule has 0 aromatic heterocycles. The Kier molecular flexibility index (Phi) is 6.14. The minimum Gasteiger partial charge on any atom is -0.490 e. The van der Waals surface area contributed by atoms with Crippen LogP contribution in [0.3, 0.4) is 0 Å². The fraction of sp³-hybridized carbons (Fsp3) is 0.333. The van der Waals surface area contributed by atoms with Gasteiger partial charge in [-0.25, -0.2) is 8.78 Å². The summed E-state index contributed by atoms with van der Waals surface area (Å²) in [5.41, 5.74) is 3.59. The highest BCUT2D eigenvalue weighted by Crippen LogP contribution is 2.70. The summed E-state index contributed by atoms with van der Waals surface area (Å²) in [5, 5.41) is 12.9. The minimum atomic E-state index is -2.69. The number of halogens is 2. The third-order valence-electron chi connectivity index (χ3n) is 8.73. The Labute approximate surface area is 227 Å². The molecule has 1 saturated carbocycles. The van der Waals surface area contributed by atoms with Crippen molar-refractivity contribution in [2.45, 2.75) is 29.9 Å². The van der Waals surface area contributed by atoms with E-state index in [4.69, 9.17) is 4.74 Å². The number of aliphatic hydroxyl groups excluding tert-OH is 1. The molecular weight excluding hydrogens is 494 g/mol. The second-order valence-electron chi connectivity index (χ2n) is 11.1. The monoisotopic (exact) mass is 526 g/mol. The van der Waals surface area contributed by atoms with E-state index in [2.05, 4.69) is 21.9 Å². The van der Waals surface area contributed by atoms with Crippen LogP contribution >= 0.6 is 0 Å². The van der Waals surface area contributed by atoms with E-state index in [1.165, 1.54) is 0 Å². The molecule has 0 spiro atoms. The van der Waals surface area contributed by atoms with Gasteiger partial charge in [0.05, 0.1) is 17.9 Å². The second kappa shape index (κ2) is 9.70. The molecule has 4 aromatic carbocycles. The molecule has 1 unspecified atom stereocenters. The number of fused-ring (bicyclic) bond motifs is 6. The van der Waals surface area contributed by atoms with Gasteiger partial charge in [-0.1, -0.05) is 84.9 Å². The summed E-state index contributed by atoms with van der Waals surface area (Å²) >= 11 is 0. The van der Waals surface area contributed by atoms with Crippen LogP contribution in [0.4, 0.5) is 8.78 Å². The minimum absolute atomic E-state index is 0.0391. The van der Waals surface area contributed by atoms with Gasteiger partial charge < -0.3 is 9.84 Å². The highest BCUT2D eigenvalue weighted by atomic mass is 19.3. The molecular formula is C33H32F2N2O2. The van der Waals surface area contributed by atoms with Crippen molar-refractivity contribution >= 4 is 10.8 Å². The average molecular weight is 527 g/mol. The number of rotatable bonds is 6. The molecule has 39 heavy (non-hydrogen) atoms. The van der Waals surface area contributed by atoms with Crippen LogP contribution in [-0.2, 0) is 0 Å². The number of hydrogen-bond acceptors (Lipinski definition) is 4. The highest BCUT2D eigenvalue weighted by molar-refractivity contribution is 5.88. The zero-order valence-electron chi connectivity index (χ0n) is 21.7. The molecule has 0 radical (unpaired) electrons. The Hall–Kier alpha value is -3.32. The number of hydrogen-bond donors (Lipinski definition) is 1. The number of ether oxygens (including phenoxy) is 1. The van der Waals surface area contributed by atoms with E-state index < -0.39 is 23.9 Å². The maximum atomic E-state index is 15.0. The van der Waals surface area contributed by atoms with Crippen molar-refractivity contribution in [3.8, 4) is 5.75 Å². The van der Waals surface area contributed by atoms with Crippen LogP contribution < -0.4 is 4.74 Å². The van der Waals surface area contributed by atoms with E-state index >= 15 is 0 Å². The van der Waals surface area contributed by atoms with Gasteiger partial charge >= 0.3 is 0 Å². The summed E-state index contributed by atoms with van der Waals surface area (Å²) in [5.74, 6) is -3.39. The first-order valence-corrected chi connectivity index (χ1v) is 13.8. The molecule has 2 fully saturated rings. The van der Waals surface area contributed by atoms with E-state index in [0.29, 0.717) is 6.54 Å². The molecule has 200 valence electrons. The molecule has 1 aliphatic heterocycles. The largest absolute Gasteiger partial charge is 0.490 e. The van der Waals surface area contributed by atoms with E-state index in [1.54, 1.807) is 0 Å². The molecule has 1 heterocycles. The summed E-state index contributed by atoms with van der Waals surface area (Å²) < 4.78 is 36.0. The quantitative estimate of drug-likeness (QED) is 0.344. The molecule has 4 aromatic rings. The smallest absolute Gasteiger partial charge is 0.263 e. The van der Waals surface area contributed by atoms with Gasteiger partial charge in [-0.2, -0.15) is 0 Å². The summed E-state index contributed by atoms with van der Waals surface area (Å²) in [6.07, 6.45) is -0.607. The predicted molar refractivity (Wildman–Crippen MR) is 149 cm³/mol. The molecule has 1 N–H and O–H groups in total. The molecule has 3 aliphatic rings. The molecule has 0 bridgehead atoms. The van der Waals surface area contributed by atoms with Gasteiger partial charge in [-0.05, 0) is 33.7 Å². The van der Waals surface area contributed by atoms with Crippen LogP contribution in [0.2, 0.25) is 0 Å². The van der Waals surface area contributed by atoms with Gasteiger partial charge in [-0.3, -0.25) is 9.80 Å². The molecule has 2 aliphatic carbocycles. The normalized spacial score (nSPS) is 24.7. The lowest BCUT2D eigenvalue weighted by Crippen LogP contribution is -2.50. The SMILES string of the molecule is O[C@H](COc1cccc2ccccc12)CN1CCN(C2c3ccccc3[C@@H]3[C@H](c4ccccc42)C3(F)F)CC1. The fourth-order valence-electron chi connectivity index (χ4n) is 6.81. The summed E-state index contributed by atoms with van der Waals surface area (Å²) in [6, 6.07) is 29.6. The third kappa shape index (κ3) is 4.31. The zero-order chi connectivity index (χ0) is 26.6. The second-order valence-corrected chi connectivity index (χ2v) is 11.1. The maximum Gasteiger partial charge on any atom is 0.263 e. The first kappa shape index (κ1) is 24.7. The van der Waals surface area contributed by atoms with Crippen molar-refractivity contribution in [1.82, 2.24) is 9.80 Å². The predicted octanol–water partition coefficient (Wildman–Crippen LogP) is 5.82. The van der Waals surface area contributed by atoms with Crippen molar-refractivity contribution in [3.05, 3.63) is 113 Å². The van der Waals surface area contributed by atoms with Gasteiger partial charge in [0.2, 0.25) is 0 Å². The molecule has 7 rings (SSSR count). The first-order valence-electron chi connectivity index (χ1n) is 13.8. The Morgan fingerprint density at radius 3 is 1.97 bits per heavy atom. The molecule has 6 heteroatoms. The van der Waals surface area contributed by atoms with Crippen LogP contribution in [0, 0.1) is 0 Å². The Balaban J connectivity index is 1.04. The number of β-amino-alcohol motifs (C(OH)–C–C–N with tert-alkyl or cyclic N) is 1. The Bertz CT molecular complexity index is 1440. The van der Waals surface area contributed by atoms with Crippen LogP contribution in [0.25, 0.3) is 10.8 Å². The molecule has 1 saturated heterocycles. The third-order valence-corrected chi connectivity index (χ3v) is 8.73. The zero-order valence-corrected chi connectivity index (χ0v) is 21.7. The van der Waals surface area contributed by atoms with Crippen LogP contribution in [0.5, 0.6) is 5.75 Å². The van der Waals surface area contributed by atoms with Crippen molar-refractivity contribution in [2.24, 2.45) is 0 Å². The van der Waals surface area contributed by atoms with E-state index in [1.807, 2.05) is 78.9 Å². The van der Waals surface area contributed by atoms with E-state index in [9.17, 15) is 13.9 Å². The van der Waals surface area contributed by atoms with Crippen molar-refractivity contribution in [2.75, 3.05) is 39.3 Å². The van der Waals surface area contributed by atoms with Crippen LogP contribution in [0.1, 0.15) is 40.1 Å². The van der Waals surface area contributed by atoms with Gasteiger partial charge in [0.1, 0.15) is 18.5 Å². The lowest BCUT2D eigenvalue weighted by atomic mass is 9.90. The van der Waals surface area contributed by atoms with Gasteiger partial charge in [0.25, 0.3) is 5.92 Å². The molecule has 4 atom stereocenters. The number of piperazine rings is 1. The lowest BCUT2D eigenvalue weighted by molar-refractivity contribution is 0.0400. The number of aliphatic hydroxyl groups is 1. The van der Waals surface area contributed by atoms with Gasteiger partial charge in [0, 0.05) is 38.1 Å². The maximum absolute atomic E-state index is 15.0. The van der Waals surface area contributed by atoms with Gasteiger partial charge in [-0.15, -0.1) is 0 Å². The van der Waals surface area contributed by atoms with E-state index in [0.717, 1.165) is 65.0 Å². The lowest BCUT2D eigenvalue weighted by Gasteiger charge is -2.41. The Morgan fingerprint density at radius 1 is 0.744 bits per heavy atom. The Morgan fingerprint density at radius 2 is 1.31 bits per heavy atom. The standard InChI is InChI=1S/C33H32F2N2O2/c34-33(35)30-25-11-3-5-13-27(25)32(28-14-6-4-12-26(28)31(30)33)37-18-16-36(17-19-37)20-23(38)21-39-29-15-7-9-22-8-1-2-10-24(22)29/h1-15,23,30-32,38H,16-21H2/t23-,30-,31+,32?/m0/s1. The average Bonchev–Trinajstić information content (AvgIpc) is 3.58. The molecule has 4 nitrogen and oxygen atoms in total.